The number of Topliss-reactive ketones (excluding diaryl/α,β-unsaturated/α-hetero) is 1. The summed E-state index contributed by atoms with van der Waals surface area (Å²) in [5.74, 6) is -5.55. The fourth-order valence-electron chi connectivity index (χ4n) is 22.3. The summed E-state index contributed by atoms with van der Waals surface area (Å²) in [6.45, 7) is 2.61. The number of aliphatic hydroxyl groups excluding tert-OH is 18. The van der Waals surface area contributed by atoms with E-state index >= 15 is 8.78 Å². The Morgan fingerprint density at radius 1 is 0.592 bits per heavy atom. The van der Waals surface area contributed by atoms with Gasteiger partial charge in [-0.25, -0.2) is 18.3 Å². The van der Waals surface area contributed by atoms with E-state index in [1.165, 1.54) is 16.8 Å². The second-order valence-electron chi connectivity index (χ2n) is 39.7. The van der Waals surface area contributed by atoms with Gasteiger partial charge in [0.1, 0.15) is 183 Å². The largest absolute Gasteiger partial charge is 0.445 e. The molecular formula is C92H136F2N8O40. The normalized spacial score (nSPS) is 42.6. The van der Waals surface area contributed by atoms with E-state index in [1.807, 2.05) is 20.8 Å². The van der Waals surface area contributed by atoms with Crippen LogP contribution in [0.4, 0.5) is 19.3 Å². The minimum Gasteiger partial charge on any atom is -0.445 e. The van der Waals surface area contributed by atoms with Crippen molar-refractivity contribution in [1.29, 1.82) is 0 Å². The molecule has 1 aromatic carbocycles. The van der Waals surface area contributed by atoms with Gasteiger partial charge in [0, 0.05) is 48.0 Å². The fraction of sp³-hybridized carbons (Fsp3) is 0.804. The van der Waals surface area contributed by atoms with Crippen molar-refractivity contribution in [2.45, 2.75) is 364 Å². The number of carbonyl (C=O) groups is 6. The lowest BCUT2D eigenvalue weighted by Gasteiger charge is -2.59. The molecule has 0 spiro atoms. The van der Waals surface area contributed by atoms with Crippen molar-refractivity contribution in [3.8, 4) is 0 Å². The van der Waals surface area contributed by atoms with Gasteiger partial charge in [-0.15, -0.1) is 5.10 Å². The molecule has 33 unspecified atom stereocenters. The molecule has 50 heteroatoms. The first-order chi connectivity index (χ1) is 67.8. The van der Waals surface area contributed by atoms with Gasteiger partial charge in [-0.3, -0.25) is 24.0 Å². The minimum absolute atomic E-state index is 0.0114. The van der Waals surface area contributed by atoms with Crippen molar-refractivity contribution < 1.29 is 205 Å². The van der Waals surface area contributed by atoms with Crippen LogP contribution in [-0.4, -0.2) is 434 Å². The number of rotatable bonds is 30. The average Bonchev–Trinajstić information content (AvgIpc) is 1.49. The Balaban J connectivity index is 0.525. The monoisotopic (exact) mass is 2030 g/mol. The van der Waals surface area contributed by atoms with Crippen LogP contribution in [0.1, 0.15) is 135 Å². The summed E-state index contributed by atoms with van der Waals surface area (Å²) in [7, 11) is 0. The Hall–Kier alpha value is -6.64. The highest BCUT2D eigenvalue weighted by atomic mass is 19.1. The molecule has 43 atom stereocenters. The fourth-order valence-corrected chi connectivity index (χ4v) is 22.3. The van der Waals surface area contributed by atoms with E-state index in [-0.39, 0.29) is 81.3 Å². The summed E-state index contributed by atoms with van der Waals surface area (Å²) >= 11 is 0. The van der Waals surface area contributed by atoms with Gasteiger partial charge in [-0.1, -0.05) is 83.7 Å². The maximum absolute atomic E-state index is 17.6. The smallest absolute Gasteiger partial charge is 0.407 e. The molecule has 798 valence electrons. The topological polar surface area (TPSA) is 705 Å². The maximum Gasteiger partial charge on any atom is 0.407 e. The SMILES string of the molecule is CCCC1O[C@@H]2C[C@H]3[C@@H]4C[C@H](F)C5=CC(=O)C=CC5[C@@]4(F)[C@@H](O)C[C@]3(C)[C@]2(C(=O)CNC(=O)OCc2ccc(NC(=O)CNC[C@@H](NC(=O)[C@H](C)CCCCNC(=O)COC3CCCCCc4c3nnn4CC3OC4OC5C(CO)OC(OC6C(CO)OC(OC7C(CO)OC(OC8C(CO)OC(OC9C(CO)OC(OC3C(O)C4O)C(O)C9O)C(O)C8O)C(O)C7O)C(O)C6O)C(O)C5O)C(C)C)cc2)O1. The summed E-state index contributed by atoms with van der Waals surface area (Å²) in [5, 5.41) is 229. The van der Waals surface area contributed by atoms with E-state index in [2.05, 4.69) is 36.9 Å². The zero-order chi connectivity index (χ0) is 102. The zero-order valence-electron chi connectivity index (χ0n) is 79.0. The van der Waals surface area contributed by atoms with Crippen molar-refractivity contribution in [2.24, 2.45) is 35.0 Å². The van der Waals surface area contributed by atoms with E-state index in [4.69, 9.17) is 75.8 Å². The number of fused-ring (bicyclic) bond motifs is 8. The molecule has 26 fully saturated rings. The lowest BCUT2D eigenvalue weighted by molar-refractivity contribution is -0.403. The number of unbranched alkanes of at least 4 members (excludes halogenated alkanes) is 1. The van der Waals surface area contributed by atoms with Crippen molar-refractivity contribution in [2.75, 3.05) is 71.1 Å². The maximum atomic E-state index is 17.6. The van der Waals surface area contributed by atoms with Crippen LogP contribution >= 0.6 is 0 Å². The van der Waals surface area contributed by atoms with Gasteiger partial charge < -0.3 is 194 Å². The van der Waals surface area contributed by atoms with Gasteiger partial charge in [0.15, 0.2) is 61.2 Å². The van der Waals surface area contributed by atoms with E-state index in [9.17, 15) is 121 Å². The number of ether oxygens (including phenoxy) is 16. The molecule has 48 nitrogen and oxygen atoms in total. The lowest BCUT2D eigenvalue weighted by Crippen LogP contribution is -2.69. The van der Waals surface area contributed by atoms with E-state index in [0.717, 1.165) is 6.08 Å². The molecule has 3 saturated carbocycles. The number of hydrogen-bond acceptors (Lipinski definition) is 43. The first-order valence-electron chi connectivity index (χ1n) is 48.8. The van der Waals surface area contributed by atoms with E-state index < -0.39 is 332 Å². The Kier molecular flexibility index (Phi) is 36.3. The third kappa shape index (κ3) is 22.5. The van der Waals surface area contributed by atoms with Crippen LogP contribution < -0.4 is 26.6 Å². The number of allylic oxidation sites excluding steroid dienone is 4. The molecule has 24 heterocycles. The number of amides is 4. The zero-order valence-corrected chi connectivity index (χ0v) is 79.0. The predicted octanol–water partition coefficient (Wildman–Crippen LogP) is -6.68. The first-order valence-corrected chi connectivity index (χ1v) is 48.8. The molecule has 23 aliphatic heterocycles. The number of nitrogens with one attached hydrogen (secondary N) is 5. The van der Waals surface area contributed by atoms with Crippen LogP contribution in [0.3, 0.4) is 0 Å². The average molecular weight is 2030 g/mol. The van der Waals surface area contributed by atoms with Crippen LogP contribution in [0, 0.1) is 35.0 Å². The van der Waals surface area contributed by atoms with Crippen LogP contribution in [-0.2, 0) is 119 Å². The Morgan fingerprint density at radius 3 is 1.58 bits per heavy atom. The number of benzene rings is 1. The molecule has 2 aromatic rings. The third-order valence-electron chi connectivity index (χ3n) is 30.2. The molecule has 142 heavy (non-hydrogen) atoms. The number of alkyl halides is 2. The number of aliphatic hydroxyl groups is 18. The van der Waals surface area contributed by atoms with Crippen molar-refractivity contribution in [3.05, 3.63) is 65.0 Å². The van der Waals surface area contributed by atoms with Gasteiger partial charge in [-0.2, -0.15) is 0 Å². The Bertz CT molecular complexity index is 4630. The van der Waals surface area contributed by atoms with E-state index in [0.29, 0.717) is 80.4 Å². The van der Waals surface area contributed by atoms with Crippen LogP contribution in [0.15, 0.2) is 48.1 Å². The van der Waals surface area contributed by atoms with Gasteiger partial charge in [0.05, 0.1) is 70.6 Å². The molecule has 1 aromatic heterocycles. The minimum atomic E-state index is -2.34. The number of alkyl carbamates (subject to hydrolysis) is 1. The number of anilines is 1. The molecule has 30 rings (SSSR count). The summed E-state index contributed by atoms with van der Waals surface area (Å²) in [5.41, 5.74) is -3.64. The number of nitrogens with zero attached hydrogens (tertiary/aromatic N) is 3. The molecule has 23 N–H and O–H groups in total. The standard InChI is InChI=1S/C92H136F2N8O40/c1-6-12-62-135-59-25-45-46-24-47(93)43-23-42(108)20-21-44(43)91(46,94)57(109)26-90(45,5)92(59,142-62)58(110)28-97-89(126)128-36-40-16-18-41(19-17-40)98-60(111)29-95-27-48(38(2)3)99-82(125)39(4)13-10-11-22-96-61(112)37-127-50-15-9-7-8-14-49-63(50)100-101-102(49)30-51-76-64(113)70(119)83(129-51)137-77-52(31-103)131-85(72(121)66(77)115)139-79-54(33-105)133-87(74(123)68(79)117)141-81-56(35-107)134-88(75(124)69(81)118)140-80-55(34-106)132-86(73(122)67(80)116)138-78-53(32-104)130-84(136-76)71(120)65(78)114/h16-21,23,38-39,44-48,50-57,59,62,64-81,83-88,95,103-107,109,113-124H,6-15,22,24-37H2,1-5H3,(H,96,112)(H,97,126)(H,98,111)(H,99,125)/t39-,44?,45+,46+,47+,48-,50?,51?,52?,53?,54?,55?,56?,57+,59-,62?,64?,65?,66?,67?,68?,69?,70?,71?,72?,73?,74?,75?,76?,77?,78?,79?,80?,81?,83?,84?,85?,86?,87?,88?,90+,91+,92-/m1/s1. The quantitative estimate of drug-likeness (QED) is 0.0323. The van der Waals surface area contributed by atoms with Crippen molar-refractivity contribution >= 4 is 41.1 Å². The molecule has 4 amide bonds. The van der Waals surface area contributed by atoms with Gasteiger partial charge in [-0.05, 0) is 105 Å². The third-order valence-corrected chi connectivity index (χ3v) is 30.2. The highest BCUT2D eigenvalue weighted by molar-refractivity contribution is 6.01. The summed E-state index contributed by atoms with van der Waals surface area (Å²) < 4.78 is 131. The second kappa shape index (κ2) is 47.1. The van der Waals surface area contributed by atoms with Crippen LogP contribution in [0.2, 0.25) is 0 Å². The number of carbonyl (C=O) groups excluding carboxylic acids is 6. The Labute approximate surface area is 814 Å². The molecular weight excluding hydrogens is 1900 g/mol. The predicted molar refractivity (Wildman–Crippen MR) is 470 cm³/mol. The second-order valence-corrected chi connectivity index (χ2v) is 39.7. The van der Waals surface area contributed by atoms with Crippen molar-refractivity contribution in [1.82, 2.24) is 36.3 Å². The van der Waals surface area contributed by atoms with Gasteiger partial charge in [0.2, 0.25) is 17.7 Å². The van der Waals surface area contributed by atoms with E-state index in [1.54, 1.807) is 38.1 Å². The van der Waals surface area contributed by atoms with Crippen LogP contribution in [0.5, 0.6) is 0 Å². The number of hydrogen-bond donors (Lipinski definition) is 23. The molecule has 5 aliphatic carbocycles. The number of halogens is 2. The summed E-state index contributed by atoms with van der Waals surface area (Å²) in [6, 6.07) is 6.10. The molecule has 23 saturated heterocycles. The molecule has 12 bridgehead atoms. The highest BCUT2D eigenvalue weighted by Crippen LogP contribution is 2.70. The van der Waals surface area contributed by atoms with Crippen LogP contribution in [0.25, 0.3) is 0 Å². The number of aromatic nitrogens is 3. The lowest BCUT2D eigenvalue weighted by atomic mass is 9.48. The summed E-state index contributed by atoms with van der Waals surface area (Å²) in [6.07, 6.45) is -59.5. The molecule has 28 aliphatic rings. The first kappa shape index (κ1) is 110. The summed E-state index contributed by atoms with van der Waals surface area (Å²) in [4.78, 5) is 80.5. The van der Waals surface area contributed by atoms with Gasteiger partial charge >= 0.3 is 6.09 Å². The Morgan fingerprint density at radius 2 is 1.09 bits per heavy atom. The van der Waals surface area contributed by atoms with Gasteiger partial charge in [0.25, 0.3) is 0 Å². The highest BCUT2D eigenvalue weighted by Gasteiger charge is 2.79. The number of ketones is 2. The molecule has 0 radical (unpaired) electrons. The van der Waals surface area contributed by atoms with Crippen molar-refractivity contribution in [3.63, 3.8) is 0 Å².